The molecule has 20 heavy (non-hydrogen) atoms. The number of benzene rings is 1. The van der Waals surface area contributed by atoms with Gasteiger partial charge < -0.3 is 5.73 Å². The highest BCUT2D eigenvalue weighted by molar-refractivity contribution is 5.78. The first-order valence-corrected chi connectivity index (χ1v) is 6.06. The van der Waals surface area contributed by atoms with E-state index in [-0.39, 0.29) is 10.9 Å². The summed E-state index contributed by atoms with van der Waals surface area (Å²) in [5, 5.41) is 6.40. The second kappa shape index (κ2) is 4.53. The van der Waals surface area contributed by atoms with E-state index in [0.29, 0.717) is 11.6 Å². The van der Waals surface area contributed by atoms with Crippen LogP contribution in [0.1, 0.15) is 18.8 Å². The third kappa shape index (κ3) is 1.79. The molecule has 0 aliphatic heterocycles. The first-order valence-electron chi connectivity index (χ1n) is 6.06. The largest absolute Gasteiger partial charge is 0.322 e. The van der Waals surface area contributed by atoms with Crippen LogP contribution in [0.15, 0.2) is 35.3 Å². The van der Waals surface area contributed by atoms with E-state index in [0.717, 1.165) is 0 Å². The zero-order chi connectivity index (χ0) is 14.3. The van der Waals surface area contributed by atoms with Gasteiger partial charge in [0.05, 0.1) is 17.8 Å². The molecule has 3 N–H and O–H groups in total. The summed E-state index contributed by atoms with van der Waals surface area (Å²) in [5.74, 6) is 0.141. The van der Waals surface area contributed by atoms with Crippen LogP contribution in [0.5, 0.6) is 0 Å². The second-order valence-corrected chi connectivity index (χ2v) is 4.48. The molecule has 1 unspecified atom stereocenters. The molecule has 3 rings (SSSR count). The van der Waals surface area contributed by atoms with Crippen molar-refractivity contribution in [1.82, 2.24) is 19.7 Å². The molecule has 2 heterocycles. The van der Waals surface area contributed by atoms with Crippen molar-refractivity contribution in [2.24, 2.45) is 5.73 Å². The van der Waals surface area contributed by atoms with E-state index >= 15 is 0 Å². The molecule has 3 aromatic rings. The molecule has 0 saturated carbocycles. The molecule has 0 spiro atoms. The van der Waals surface area contributed by atoms with Gasteiger partial charge in [-0.1, -0.05) is 6.07 Å². The first kappa shape index (κ1) is 12.5. The van der Waals surface area contributed by atoms with E-state index in [9.17, 15) is 9.18 Å². The Morgan fingerprint density at radius 2 is 2.20 bits per heavy atom. The Balaban J connectivity index is 2.48. The Morgan fingerprint density at radius 3 is 2.85 bits per heavy atom. The van der Waals surface area contributed by atoms with Gasteiger partial charge in [-0.3, -0.25) is 9.89 Å². The number of rotatable bonds is 2. The number of hydrogen-bond acceptors (Lipinski definition) is 4. The first-order chi connectivity index (χ1) is 9.59. The van der Waals surface area contributed by atoms with Crippen molar-refractivity contribution in [3.8, 4) is 5.82 Å². The van der Waals surface area contributed by atoms with Crippen molar-refractivity contribution in [3.63, 3.8) is 0 Å². The lowest BCUT2D eigenvalue weighted by molar-refractivity contribution is 0.632. The third-order valence-electron chi connectivity index (χ3n) is 3.01. The standard InChI is InChI=1S/C13H12FN5O/c1-7(15)12-17-9-4-2-3-8(14)11(9)13(20)19(12)10-5-6-16-18-10/h2-7H,15H2,1H3,(H,16,18). The zero-order valence-electron chi connectivity index (χ0n) is 10.7. The summed E-state index contributed by atoms with van der Waals surface area (Å²) in [6, 6.07) is 5.44. The predicted octanol–water partition coefficient (Wildman–Crippen LogP) is 1.27. The van der Waals surface area contributed by atoms with Crippen molar-refractivity contribution < 1.29 is 4.39 Å². The summed E-state index contributed by atoms with van der Waals surface area (Å²) in [6.07, 6.45) is 1.50. The fraction of sp³-hybridized carbons (Fsp3) is 0.154. The molecule has 0 amide bonds. The fourth-order valence-corrected chi connectivity index (χ4v) is 2.12. The second-order valence-electron chi connectivity index (χ2n) is 4.48. The summed E-state index contributed by atoms with van der Waals surface area (Å²) < 4.78 is 15.1. The maximum absolute atomic E-state index is 13.9. The quantitative estimate of drug-likeness (QED) is 0.735. The van der Waals surface area contributed by atoms with Crippen molar-refractivity contribution in [2.45, 2.75) is 13.0 Å². The Bertz CT molecular complexity index is 823. The van der Waals surface area contributed by atoms with Crippen molar-refractivity contribution in [2.75, 3.05) is 0 Å². The van der Waals surface area contributed by atoms with E-state index in [2.05, 4.69) is 15.2 Å². The van der Waals surface area contributed by atoms with Gasteiger partial charge in [0.1, 0.15) is 22.8 Å². The van der Waals surface area contributed by atoms with Gasteiger partial charge in [-0.25, -0.2) is 13.9 Å². The highest BCUT2D eigenvalue weighted by Gasteiger charge is 2.18. The van der Waals surface area contributed by atoms with E-state index < -0.39 is 17.4 Å². The van der Waals surface area contributed by atoms with Gasteiger partial charge >= 0.3 is 0 Å². The molecule has 7 heteroatoms. The van der Waals surface area contributed by atoms with Crippen LogP contribution in [-0.4, -0.2) is 19.7 Å². The molecule has 0 radical (unpaired) electrons. The molecule has 6 nitrogen and oxygen atoms in total. The number of hydrogen-bond donors (Lipinski definition) is 2. The Kier molecular flexibility index (Phi) is 2.83. The fourth-order valence-electron chi connectivity index (χ4n) is 2.12. The molecular weight excluding hydrogens is 261 g/mol. The lowest BCUT2D eigenvalue weighted by Crippen LogP contribution is -2.28. The zero-order valence-corrected chi connectivity index (χ0v) is 10.7. The Hall–Kier alpha value is -2.54. The van der Waals surface area contributed by atoms with Gasteiger partial charge in [0.15, 0.2) is 0 Å². The van der Waals surface area contributed by atoms with Gasteiger partial charge in [0, 0.05) is 6.07 Å². The maximum Gasteiger partial charge on any atom is 0.270 e. The van der Waals surface area contributed by atoms with Crippen LogP contribution in [-0.2, 0) is 0 Å². The highest BCUT2D eigenvalue weighted by atomic mass is 19.1. The van der Waals surface area contributed by atoms with Crippen LogP contribution in [0.3, 0.4) is 0 Å². The van der Waals surface area contributed by atoms with Gasteiger partial charge in [-0.05, 0) is 19.1 Å². The van der Waals surface area contributed by atoms with E-state index in [1.807, 2.05) is 0 Å². The molecular formula is C13H12FN5O. The minimum atomic E-state index is -0.607. The van der Waals surface area contributed by atoms with E-state index in [1.54, 1.807) is 19.1 Å². The maximum atomic E-state index is 13.9. The summed E-state index contributed by atoms with van der Waals surface area (Å²) in [4.78, 5) is 16.9. The summed E-state index contributed by atoms with van der Waals surface area (Å²) in [5.41, 5.74) is 5.65. The number of nitrogens with two attached hydrogens (primary N) is 1. The third-order valence-corrected chi connectivity index (χ3v) is 3.01. The van der Waals surface area contributed by atoms with Crippen LogP contribution in [0.2, 0.25) is 0 Å². The molecule has 0 bridgehead atoms. The number of H-pyrrole nitrogens is 1. The van der Waals surface area contributed by atoms with Gasteiger partial charge in [-0.15, -0.1) is 0 Å². The van der Waals surface area contributed by atoms with E-state index in [1.165, 1.54) is 22.9 Å². The average molecular weight is 273 g/mol. The lowest BCUT2D eigenvalue weighted by atomic mass is 10.2. The van der Waals surface area contributed by atoms with Crippen molar-refractivity contribution in [1.29, 1.82) is 0 Å². The number of fused-ring (bicyclic) bond motifs is 1. The van der Waals surface area contributed by atoms with Crippen LogP contribution < -0.4 is 11.3 Å². The van der Waals surface area contributed by atoms with Gasteiger partial charge in [-0.2, -0.15) is 5.10 Å². The summed E-state index contributed by atoms with van der Waals surface area (Å²) >= 11 is 0. The van der Waals surface area contributed by atoms with Crippen molar-refractivity contribution >= 4 is 10.9 Å². The molecule has 0 aliphatic carbocycles. The summed E-state index contributed by atoms with van der Waals surface area (Å²) in [7, 11) is 0. The minimum absolute atomic E-state index is 0.0634. The number of nitrogens with one attached hydrogen (secondary N) is 1. The minimum Gasteiger partial charge on any atom is -0.322 e. The van der Waals surface area contributed by atoms with Gasteiger partial charge in [0.25, 0.3) is 5.56 Å². The number of nitrogens with zero attached hydrogens (tertiary/aromatic N) is 3. The van der Waals surface area contributed by atoms with E-state index in [4.69, 9.17) is 5.73 Å². The van der Waals surface area contributed by atoms with Gasteiger partial charge in [0.2, 0.25) is 0 Å². The smallest absolute Gasteiger partial charge is 0.270 e. The Morgan fingerprint density at radius 1 is 1.40 bits per heavy atom. The lowest BCUT2D eigenvalue weighted by Gasteiger charge is -2.14. The molecule has 0 aliphatic rings. The van der Waals surface area contributed by atoms with Crippen molar-refractivity contribution in [3.05, 3.63) is 52.5 Å². The molecule has 2 aromatic heterocycles. The topological polar surface area (TPSA) is 89.6 Å². The monoisotopic (exact) mass is 273 g/mol. The van der Waals surface area contributed by atoms with Crippen LogP contribution in [0.25, 0.3) is 16.7 Å². The highest BCUT2D eigenvalue weighted by Crippen LogP contribution is 2.17. The molecule has 102 valence electrons. The molecule has 0 fully saturated rings. The SMILES string of the molecule is CC(N)c1nc2cccc(F)c2c(=O)n1-c1ccn[nH]1. The summed E-state index contributed by atoms with van der Waals surface area (Å²) in [6.45, 7) is 1.71. The molecule has 1 aromatic carbocycles. The molecule has 1 atom stereocenters. The Labute approximate surface area is 113 Å². The predicted molar refractivity (Wildman–Crippen MR) is 72.0 cm³/mol. The number of aromatic amines is 1. The number of aromatic nitrogens is 4. The van der Waals surface area contributed by atoms with Crippen LogP contribution in [0, 0.1) is 5.82 Å². The average Bonchev–Trinajstić information content (AvgIpc) is 2.91. The van der Waals surface area contributed by atoms with Crippen LogP contribution in [0.4, 0.5) is 4.39 Å². The van der Waals surface area contributed by atoms with Crippen LogP contribution >= 0.6 is 0 Å². The normalized spacial score (nSPS) is 12.8. The number of halogens is 1. The molecule has 0 saturated heterocycles.